The molecule has 2 aromatic carbocycles. The Labute approximate surface area is 147 Å². The van der Waals surface area contributed by atoms with Gasteiger partial charge in [-0.25, -0.2) is 4.98 Å². The Kier molecular flexibility index (Phi) is 5.77. The van der Waals surface area contributed by atoms with Crippen LogP contribution in [0.2, 0.25) is 0 Å². The Morgan fingerprint density at radius 2 is 1.76 bits per heavy atom. The minimum atomic E-state index is -0.0549. The quantitative estimate of drug-likeness (QED) is 0.408. The van der Waals surface area contributed by atoms with Crippen LogP contribution < -0.4 is 5.32 Å². The standard InChI is InChI=1S/C21H21N3O/c25-21(23-12-7-14-24-15-13-22-17-24)20(19-10-5-2-6-11-19)16-18-8-3-1-4-9-18/h1-6,8-11,13,15-17H,7,12,14H2,(H,23,25)/b20-16+. The normalized spacial score (nSPS) is 11.3. The van der Waals surface area contributed by atoms with Crippen molar-refractivity contribution in [1.82, 2.24) is 14.9 Å². The molecule has 25 heavy (non-hydrogen) atoms. The highest BCUT2D eigenvalue weighted by atomic mass is 16.1. The maximum atomic E-state index is 12.7. The molecule has 0 unspecified atom stereocenters. The van der Waals surface area contributed by atoms with E-state index in [4.69, 9.17) is 0 Å². The minimum Gasteiger partial charge on any atom is -0.352 e. The van der Waals surface area contributed by atoms with Crippen molar-refractivity contribution in [3.63, 3.8) is 0 Å². The highest BCUT2D eigenvalue weighted by Crippen LogP contribution is 2.18. The molecule has 1 aromatic heterocycles. The molecule has 1 amide bonds. The van der Waals surface area contributed by atoms with E-state index in [1.165, 1.54) is 0 Å². The smallest absolute Gasteiger partial charge is 0.251 e. The molecule has 4 heteroatoms. The van der Waals surface area contributed by atoms with E-state index in [2.05, 4.69) is 10.3 Å². The van der Waals surface area contributed by atoms with Gasteiger partial charge in [-0.15, -0.1) is 0 Å². The van der Waals surface area contributed by atoms with Gasteiger partial charge in [-0.2, -0.15) is 0 Å². The maximum Gasteiger partial charge on any atom is 0.251 e. The van der Waals surface area contributed by atoms with Crippen molar-refractivity contribution in [3.8, 4) is 0 Å². The summed E-state index contributed by atoms with van der Waals surface area (Å²) >= 11 is 0. The number of hydrogen-bond donors (Lipinski definition) is 1. The van der Waals surface area contributed by atoms with Crippen LogP contribution >= 0.6 is 0 Å². The van der Waals surface area contributed by atoms with E-state index in [9.17, 15) is 4.79 Å². The first-order chi connectivity index (χ1) is 12.3. The maximum absolute atomic E-state index is 12.7. The average Bonchev–Trinajstić information content (AvgIpc) is 3.18. The number of aromatic nitrogens is 2. The first-order valence-electron chi connectivity index (χ1n) is 8.39. The van der Waals surface area contributed by atoms with E-state index >= 15 is 0 Å². The van der Waals surface area contributed by atoms with Gasteiger partial charge in [-0.1, -0.05) is 60.7 Å². The molecule has 4 nitrogen and oxygen atoms in total. The Bertz CT molecular complexity index is 809. The molecule has 0 aliphatic carbocycles. The lowest BCUT2D eigenvalue weighted by atomic mass is 10.0. The van der Waals surface area contributed by atoms with E-state index < -0.39 is 0 Å². The van der Waals surface area contributed by atoms with Crippen molar-refractivity contribution in [2.75, 3.05) is 6.54 Å². The number of nitrogens with zero attached hydrogens (tertiary/aromatic N) is 2. The van der Waals surface area contributed by atoms with Crippen LogP contribution in [0.5, 0.6) is 0 Å². The van der Waals surface area contributed by atoms with Crippen LogP contribution in [-0.2, 0) is 11.3 Å². The summed E-state index contributed by atoms with van der Waals surface area (Å²) in [5.41, 5.74) is 2.60. The molecule has 0 fully saturated rings. The summed E-state index contributed by atoms with van der Waals surface area (Å²) in [6, 6.07) is 19.7. The summed E-state index contributed by atoms with van der Waals surface area (Å²) in [7, 11) is 0. The van der Waals surface area contributed by atoms with Crippen LogP contribution in [0.1, 0.15) is 17.5 Å². The third-order valence-electron chi connectivity index (χ3n) is 3.88. The van der Waals surface area contributed by atoms with Gasteiger partial charge in [0.2, 0.25) is 0 Å². The molecule has 0 aliphatic rings. The van der Waals surface area contributed by atoms with Gasteiger partial charge in [-0.3, -0.25) is 4.79 Å². The molecule has 1 heterocycles. The molecule has 3 rings (SSSR count). The number of nitrogens with one attached hydrogen (secondary N) is 1. The van der Waals surface area contributed by atoms with E-state index in [-0.39, 0.29) is 5.91 Å². The summed E-state index contributed by atoms with van der Waals surface area (Å²) in [6.07, 6.45) is 8.25. The van der Waals surface area contributed by atoms with Crippen molar-refractivity contribution < 1.29 is 4.79 Å². The molecule has 0 aliphatic heterocycles. The molecule has 1 N–H and O–H groups in total. The molecule has 126 valence electrons. The van der Waals surface area contributed by atoms with Crippen LogP contribution in [0.3, 0.4) is 0 Å². The van der Waals surface area contributed by atoms with Gasteiger partial charge in [0.05, 0.1) is 6.33 Å². The second-order valence-electron chi connectivity index (χ2n) is 5.74. The molecule has 0 bridgehead atoms. The predicted molar refractivity (Wildman–Crippen MR) is 101 cm³/mol. The summed E-state index contributed by atoms with van der Waals surface area (Å²) in [5.74, 6) is -0.0549. The zero-order chi connectivity index (χ0) is 17.3. The van der Waals surface area contributed by atoms with Crippen molar-refractivity contribution in [2.24, 2.45) is 0 Å². The number of rotatable bonds is 7. The molecule has 0 spiro atoms. The number of aryl methyl sites for hydroxylation is 1. The molecular formula is C21H21N3O. The summed E-state index contributed by atoms with van der Waals surface area (Å²) in [6.45, 7) is 1.46. The SMILES string of the molecule is O=C(NCCCn1ccnc1)/C(=C/c1ccccc1)c1ccccc1. The molecule has 0 saturated heterocycles. The van der Waals surface area contributed by atoms with E-state index in [1.807, 2.05) is 77.5 Å². The van der Waals surface area contributed by atoms with Gasteiger partial charge in [-0.05, 0) is 23.6 Å². The second-order valence-corrected chi connectivity index (χ2v) is 5.74. The first-order valence-corrected chi connectivity index (χ1v) is 8.39. The molecule has 0 saturated carbocycles. The number of imidazole rings is 1. The molecule has 3 aromatic rings. The number of carbonyl (C=O) groups is 1. The summed E-state index contributed by atoms with van der Waals surface area (Å²) < 4.78 is 2.00. The zero-order valence-electron chi connectivity index (χ0n) is 14.0. The van der Waals surface area contributed by atoms with Crippen molar-refractivity contribution in [2.45, 2.75) is 13.0 Å². The van der Waals surface area contributed by atoms with Crippen LogP contribution in [-0.4, -0.2) is 22.0 Å². The van der Waals surface area contributed by atoms with E-state index in [0.29, 0.717) is 12.1 Å². The number of carbonyl (C=O) groups excluding carboxylic acids is 1. The van der Waals surface area contributed by atoms with Crippen molar-refractivity contribution in [1.29, 1.82) is 0 Å². The van der Waals surface area contributed by atoms with Crippen LogP contribution in [0.15, 0.2) is 79.4 Å². The lowest BCUT2D eigenvalue weighted by Crippen LogP contribution is -2.26. The van der Waals surface area contributed by atoms with Gasteiger partial charge in [0.1, 0.15) is 0 Å². The number of hydrogen-bond acceptors (Lipinski definition) is 2. The van der Waals surface area contributed by atoms with Gasteiger partial charge < -0.3 is 9.88 Å². The third kappa shape index (κ3) is 4.91. The summed E-state index contributed by atoms with van der Waals surface area (Å²) in [4.78, 5) is 16.7. The molecule has 0 atom stereocenters. The van der Waals surface area contributed by atoms with Crippen LogP contribution in [0.4, 0.5) is 0 Å². The fourth-order valence-corrected chi connectivity index (χ4v) is 2.59. The highest BCUT2D eigenvalue weighted by Gasteiger charge is 2.11. The lowest BCUT2D eigenvalue weighted by Gasteiger charge is -2.10. The predicted octanol–water partition coefficient (Wildman–Crippen LogP) is 3.63. The largest absolute Gasteiger partial charge is 0.352 e. The van der Waals surface area contributed by atoms with E-state index in [0.717, 1.165) is 24.1 Å². The molecular weight excluding hydrogens is 310 g/mol. The fraction of sp³-hybridized carbons (Fsp3) is 0.143. The topological polar surface area (TPSA) is 46.9 Å². The summed E-state index contributed by atoms with van der Waals surface area (Å²) in [5, 5.41) is 3.02. The Morgan fingerprint density at radius 1 is 1.04 bits per heavy atom. The van der Waals surface area contributed by atoms with Crippen LogP contribution in [0, 0.1) is 0 Å². The number of benzene rings is 2. The average molecular weight is 331 g/mol. The Morgan fingerprint density at radius 3 is 2.44 bits per heavy atom. The van der Waals surface area contributed by atoms with Gasteiger partial charge in [0.15, 0.2) is 0 Å². The second kappa shape index (κ2) is 8.64. The zero-order valence-corrected chi connectivity index (χ0v) is 14.0. The minimum absolute atomic E-state index is 0.0549. The van der Waals surface area contributed by atoms with Gasteiger partial charge in [0, 0.05) is 31.1 Å². The molecule has 0 radical (unpaired) electrons. The Balaban J connectivity index is 1.68. The first kappa shape index (κ1) is 16.7. The lowest BCUT2D eigenvalue weighted by molar-refractivity contribution is -0.115. The monoisotopic (exact) mass is 331 g/mol. The highest BCUT2D eigenvalue weighted by molar-refractivity contribution is 6.24. The Hall–Kier alpha value is -3.14. The van der Waals surface area contributed by atoms with Crippen molar-refractivity contribution in [3.05, 3.63) is 90.5 Å². The van der Waals surface area contributed by atoms with Crippen molar-refractivity contribution >= 4 is 17.6 Å². The van der Waals surface area contributed by atoms with E-state index in [1.54, 1.807) is 12.5 Å². The van der Waals surface area contributed by atoms with Gasteiger partial charge >= 0.3 is 0 Å². The third-order valence-corrected chi connectivity index (χ3v) is 3.88. The van der Waals surface area contributed by atoms with Gasteiger partial charge in [0.25, 0.3) is 5.91 Å². The van der Waals surface area contributed by atoms with Crippen LogP contribution in [0.25, 0.3) is 11.6 Å². The number of amides is 1. The fourth-order valence-electron chi connectivity index (χ4n) is 2.59.